The second-order valence-corrected chi connectivity index (χ2v) is 6.34. The van der Waals surface area contributed by atoms with Gasteiger partial charge >= 0.3 is 0 Å². The predicted molar refractivity (Wildman–Crippen MR) is 79.7 cm³/mol. The van der Waals surface area contributed by atoms with Gasteiger partial charge in [-0.3, -0.25) is 0 Å². The van der Waals surface area contributed by atoms with Gasteiger partial charge in [0.2, 0.25) is 0 Å². The Morgan fingerprint density at radius 1 is 1.29 bits per heavy atom. The highest BCUT2D eigenvalue weighted by molar-refractivity contribution is 5.24. The molecule has 2 rings (SSSR count). The highest BCUT2D eigenvalue weighted by Gasteiger charge is 2.42. The highest BCUT2D eigenvalue weighted by atomic mass is 19.1. The van der Waals surface area contributed by atoms with Crippen LogP contribution in [-0.4, -0.2) is 11.7 Å². The molecule has 0 amide bonds. The summed E-state index contributed by atoms with van der Waals surface area (Å²) in [7, 11) is 0. The van der Waals surface area contributed by atoms with Crippen LogP contribution < -0.4 is 5.73 Å². The number of aliphatic hydroxyl groups is 1. The van der Waals surface area contributed by atoms with Crippen molar-refractivity contribution in [1.82, 2.24) is 0 Å². The number of aliphatic hydroxyl groups excluding tert-OH is 1. The van der Waals surface area contributed by atoms with E-state index in [0.29, 0.717) is 5.92 Å². The standard InChI is InChI=1S/C17H25F2NO/c1-2-4-12-7-9-17(11-20,10-8-12)16(21)15-13(18)5-3-6-14(15)19/h3,5-6,12,16,21H,2,4,7-11,20H2,1H3. The Hall–Kier alpha value is -1.00. The zero-order chi connectivity index (χ0) is 15.5. The van der Waals surface area contributed by atoms with Crippen molar-refractivity contribution < 1.29 is 13.9 Å². The molecule has 0 saturated heterocycles. The largest absolute Gasteiger partial charge is 0.388 e. The molecule has 1 aliphatic rings. The third kappa shape index (κ3) is 3.27. The van der Waals surface area contributed by atoms with Crippen LogP contribution in [0.3, 0.4) is 0 Å². The SMILES string of the molecule is CCCC1CCC(CN)(C(O)c2c(F)cccc2F)CC1. The maximum Gasteiger partial charge on any atom is 0.131 e. The summed E-state index contributed by atoms with van der Waals surface area (Å²) < 4.78 is 27.8. The van der Waals surface area contributed by atoms with E-state index in [9.17, 15) is 13.9 Å². The van der Waals surface area contributed by atoms with E-state index in [-0.39, 0.29) is 12.1 Å². The first kappa shape index (κ1) is 16.4. The third-order valence-corrected chi connectivity index (χ3v) is 5.06. The molecule has 0 aromatic heterocycles. The molecule has 0 heterocycles. The summed E-state index contributed by atoms with van der Waals surface area (Å²) in [6, 6.07) is 3.69. The van der Waals surface area contributed by atoms with Crippen molar-refractivity contribution in [2.75, 3.05) is 6.54 Å². The molecule has 0 radical (unpaired) electrons. The van der Waals surface area contributed by atoms with Crippen LogP contribution in [0.25, 0.3) is 0 Å². The Morgan fingerprint density at radius 3 is 2.33 bits per heavy atom. The van der Waals surface area contributed by atoms with Gasteiger partial charge in [0.05, 0.1) is 11.7 Å². The lowest BCUT2D eigenvalue weighted by Crippen LogP contribution is -2.40. The van der Waals surface area contributed by atoms with Crippen molar-refractivity contribution in [3.63, 3.8) is 0 Å². The number of hydrogen-bond acceptors (Lipinski definition) is 2. The molecule has 0 bridgehead atoms. The molecule has 1 aromatic carbocycles. The maximum atomic E-state index is 13.9. The molecule has 1 saturated carbocycles. The van der Waals surface area contributed by atoms with Gasteiger partial charge < -0.3 is 10.8 Å². The van der Waals surface area contributed by atoms with Crippen LogP contribution in [-0.2, 0) is 0 Å². The molecular formula is C17H25F2NO. The van der Waals surface area contributed by atoms with Crippen molar-refractivity contribution in [1.29, 1.82) is 0 Å². The Kier molecular flexibility index (Phi) is 5.33. The number of hydrogen-bond donors (Lipinski definition) is 2. The average Bonchev–Trinajstić information content (AvgIpc) is 2.48. The lowest BCUT2D eigenvalue weighted by Gasteiger charge is -2.43. The highest BCUT2D eigenvalue weighted by Crippen LogP contribution is 2.48. The monoisotopic (exact) mass is 297 g/mol. The smallest absolute Gasteiger partial charge is 0.131 e. The van der Waals surface area contributed by atoms with Gasteiger partial charge in [-0.15, -0.1) is 0 Å². The van der Waals surface area contributed by atoms with E-state index in [2.05, 4.69) is 6.92 Å². The van der Waals surface area contributed by atoms with Crippen LogP contribution in [0.4, 0.5) is 8.78 Å². The van der Waals surface area contributed by atoms with E-state index in [4.69, 9.17) is 5.73 Å². The quantitative estimate of drug-likeness (QED) is 0.865. The molecule has 1 fully saturated rings. The fourth-order valence-corrected chi connectivity index (χ4v) is 3.62. The summed E-state index contributed by atoms with van der Waals surface area (Å²) >= 11 is 0. The number of halogens is 2. The van der Waals surface area contributed by atoms with E-state index in [1.54, 1.807) is 0 Å². The van der Waals surface area contributed by atoms with E-state index in [1.165, 1.54) is 24.6 Å². The third-order valence-electron chi connectivity index (χ3n) is 5.06. The lowest BCUT2D eigenvalue weighted by molar-refractivity contribution is -0.0150. The van der Waals surface area contributed by atoms with Gasteiger partial charge in [0.25, 0.3) is 0 Å². The second-order valence-electron chi connectivity index (χ2n) is 6.34. The van der Waals surface area contributed by atoms with Gasteiger partial charge in [0, 0.05) is 12.0 Å². The van der Waals surface area contributed by atoms with Crippen molar-refractivity contribution in [3.8, 4) is 0 Å². The molecule has 1 aromatic rings. The van der Waals surface area contributed by atoms with Crippen LogP contribution in [0.2, 0.25) is 0 Å². The van der Waals surface area contributed by atoms with Crippen LogP contribution in [0.15, 0.2) is 18.2 Å². The van der Waals surface area contributed by atoms with Crippen molar-refractivity contribution in [2.24, 2.45) is 17.1 Å². The minimum atomic E-state index is -1.17. The van der Waals surface area contributed by atoms with Gasteiger partial charge in [0.15, 0.2) is 0 Å². The van der Waals surface area contributed by atoms with E-state index >= 15 is 0 Å². The predicted octanol–water partition coefficient (Wildman–Crippen LogP) is 3.93. The molecule has 3 N–H and O–H groups in total. The average molecular weight is 297 g/mol. The van der Waals surface area contributed by atoms with Crippen LogP contribution in [0.1, 0.15) is 57.1 Å². The molecule has 1 unspecified atom stereocenters. The van der Waals surface area contributed by atoms with Crippen molar-refractivity contribution in [3.05, 3.63) is 35.4 Å². The number of nitrogens with two attached hydrogens (primary N) is 1. The molecule has 1 aliphatic carbocycles. The molecule has 0 spiro atoms. The summed E-state index contributed by atoms with van der Waals surface area (Å²) in [6.45, 7) is 2.41. The summed E-state index contributed by atoms with van der Waals surface area (Å²) in [5.41, 5.74) is 5.06. The Bertz CT molecular complexity index is 450. The molecular weight excluding hydrogens is 272 g/mol. The first-order valence-corrected chi connectivity index (χ1v) is 7.86. The second kappa shape index (κ2) is 6.84. The Labute approximate surface area is 125 Å². The molecule has 0 aliphatic heterocycles. The van der Waals surface area contributed by atoms with Gasteiger partial charge in [-0.05, 0) is 43.7 Å². The van der Waals surface area contributed by atoms with Crippen molar-refractivity contribution >= 4 is 0 Å². The summed E-state index contributed by atoms with van der Waals surface area (Å²) in [5.74, 6) is -0.732. The molecule has 21 heavy (non-hydrogen) atoms. The van der Waals surface area contributed by atoms with Crippen molar-refractivity contribution in [2.45, 2.75) is 51.6 Å². The molecule has 1 atom stereocenters. The van der Waals surface area contributed by atoms with Crippen LogP contribution in [0.5, 0.6) is 0 Å². The molecule has 118 valence electrons. The van der Waals surface area contributed by atoms with E-state index in [0.717, 1.165) is 32.1 Å². The van der Waals surface area contributed by atoms with Gasteiger partial charge in [0.1, 0.15) is 11.6 Å². The maximum absolute atomic E-state index is 13.9. The fourth-order valence-electron chi connectivity index (χ4n) is 3.62. The Balaban J connectivity index is 2.21. The molecule has 2 nitrogen and oxygen atoms in total. The minimum Gasteiger partial charge on any atom is -0.388 e. The topological polar surface area (TPSA) is 46.2 Å². The van der Waals surface area contributed by atoms with Gasteiger partial charge in [-0.2, -0.15) is 0 Å². The first-order valence-electron chi connectivity index (χ1n) is 7.86. The van der Waals surface area contributed by atoms with Crippen LogP contribution in [0, 0.1) is 23.0 Å². The lowest BCUT2D eigenvalue weighted by atomic mass is 9.65. The van der Waals surface area contributed by atoms with E-state index in [1.807, 2.05) is 0 Å². The number of rotatable bonds is 5. The summed E-state index contributed by atoms with van der Waals surface area (Å²) in [5, 5.41) is 10.6. The van der Waals surface area contributed by atoms with Gasteiger partial charge in [-0.1, -0.05) is 25.8 Å². The number of benzene rings is 1. The van der Waals surface area contributed by atoms with E-state index < -0.39 is 23.2 Å². The summed E-state index contributed by atoms with van der Waals surface area (Å²) in [4.78, 5) is 0. The first-order chi connectivity index (χ1) is 10.0. The van der Waals surface area contributed by atoms with Gasteiger partial charge in [-0.25, -0.2) is 8.78 Å². The zero-order valence-corrected chi connectivity index (χ0v) is 12.6. The minimum absolute atomic E-state index is 0.225. The summed E-state index contributed by atoms with van der Waals surface area (Å²) in [6.07, 6.45) is 4.53. The zero-order valence-electron chi connectivity index (χ0n) is 12.6. The normalized spacial score (nSPS) is 27.6. The van der Waals surface area contributed by atoms with Crippen LogP contribution >= 0.6 is 0 Å². The Morgan fingerprint density at radius 2 is 1.86 bits per heavy atom. The fraction of sp³-hybridized carbons (Fsp3) is 0.647. The molecule has 4 heteroatoms.